The fourth-order valence-electron chi connectivity index (χ4n) is 3.63. The fourth-order valence-corrected chi connectivity index (χ4v) is 3.63. The molecule has 0 saturated carbocycles. The highest BCUT2D eigenvalue weighted by Crippen LogP contribution is 2.21. The van der Waals surface area contributed by atoms with Crippen LogP contribution in [-0.4, -0.2) is 16.6 Å². The highest BCUT2D eigenvalue weighted by molar-refractivity contribution is 5.55. The van der Waals surface area contributed by atoms with E-state index in [4.69, 9.17) is 9.47 Å². The summed E-state index contributed by atoms with van der Waals surface area (Å²) in [4.78, 5) is 9.14. The average Bonchev–Trinajstić information content (AvgIpc) is 2.86. The molecule has 0 fully saturated rings. The van der Waals surface area contributed by atoms with Crippen LogP contribution in [0.3, 0.4) is 0 Å². The zero-order valence-corrected chi connectivity index (χ0v) is 20.3. The van der Waals surface area contributed by atoms with Gasteiger partial charge in [-0.05, 0) is 66.8 Å². The molecule has 0 N–H and O–H groups in total. The molecule has 0 saturated heterocycles. The number of benzene rings is 2. The van der Waals surface area contributed by atoms with Crippen molar-refractivity contribution >= 4 is 0 Å². The first kappa shape index (κ1) is 24.8. The normalized spacial score (nSPS) is 10.8. The van der Waals surface area contributed by atoms with Crippen LogP contribution in [0.4, 0.5) is 0 Å². The van der Waals surface area contributed by atoms with Crippen molar-refractivity contribution in [2.24, 2.45) is 0 Å². The van der Waals surface area contributed by atoms with E-state index in [1.165, 1.54) is 44.1 Å². The predicted octanol–water partition coefficient (Wildman–Crippen LogP) is 7.80. The summed E-state index contributed by atoms with van der Waals surface area (Å²) in [5, 5.41) is 0. The quantitative estimate of drug-likeness (QED) is 0.223. The second-order valence-corrected chi connectivity index (χ2v) is 8.59. The summed E-state index contributed by atoms with van der Waals surface area (Å²) in [6.45, 7) is 5.71. The van der Waals surface area contributed by atoms with Crippen molar-refractivity contribution in [1.29, 1.82) is 0 Å². The first-order chi connectivity index (χ1) is 16.3. The van der Waals surface area contributed by atoms with Gasteiger partial charge in [-0.3, -0.25) is 0 Å². The summed E-state index contributed by atoms with van der Waals surface area (Å²) in [6.07, 6.45) is 15.1. The molecule has 1 heterocycles. The van der Waals surface area contributed by atoms with E-state index in [1.54, 1.807) is 0 Å². The first-order valence-electron chi connectivity index (χ1n) is 12.5. The first-order valence-corrected chi connectivity index (χ1v) is 12.5. The molecule has 1 aromatic heterocycles. The smallest absolute Gasteiger partial charge is 0.159 e. The fraction of sp³-hybridized carbons (Fsp3) is 0.448. The Kier molecular flexibility index (Phi) is 10.7. The molecule has 0 radical (unpaired) electrons. The van der Waals surface area contributed by atoms with Crippen LogP contribution in [0.25, 0.3) is 11.4 Å². The molecular formula is C29H38N2O2. The van der Waals surface area contributed by atoms with E-state index in [0.717, 1.165) is 54.3 Å². The Labute approximate surface area is 199 Å². The predicted molar refractivity (Wildman–Crippen MR) is 136 cm³/mol. The molecule has 0 atom stereocenters. The van der Waals surface area contributed by atoms with Crippen molar-refractivity contribution < 1.29 is 9.47 Å². The average molecular weight is 447 g/mol. The lowest BCUT2D eigenvalue weighted by Crippen LogP contribution is -1.98. The van der Waals surface area contributed by atoms with E-state index < -0.39 is 0 Å². The van der Waals surface area contributed by atoms with Crippen molar-refractivity contribution in [3.05, 3.63) is 72.1 Å². The van der Waals surface area contributed by atoms with E-state index >= 15 is 0 Å². The van der Waals surface area contributed by atoms with Crippen LogP contribution in [0, 0.1) is 0 Å². The molecule has 0 aliphatic carbocycles. The number of nitrogens with zero attached hydrogens (tertiary/aromatic N) is 2. The Morgan fingerprint density at radius 1 is 0.606 bits per heavy atom. The van der Waals surface area contributed by atoms with Crippen molar-refractivity contribution in [2.75, 3.05) is 6.61 Å². The number of rotatable bonds is 15. The number of ether oxygens (including phenoxy) is 2. The van der Waals surface area contributed by atoms with Crippen LogP contribution < -0.4 is 9.47 Å². The third kappa shape index (κ3) is 8.88. The van der Waals surface area contributed by atoms with Gasteiger partial charge in [0.05, 0.1) is 6.61 Å². The Morgan fingerprint density at radius 3 is 1.91 bits per heavy atom. The van der Waals surface area contributed by atoms with Crippen LogP contribution in [-0.2, 0) is 13.0 Å². The molecule has 176 valence electrons. The van der Waals surface area contributed by atoms with E-state index in [1.807, 2.05) is 48.8 Å². The summed E-state index contributed by atoms with van der Waals surface area (Å²) in [5.41, 5.74) is 3.34. The lowest BCUT2D eigenvalue weighted by molar-refractivity contribution is 0.302. The highest BCUT2D eigenvalue weighted by atomic mass is 16.5. The Balaban J connectivity index is 1.43. The number of aryl methyl sites for hydroxylation is 1. The molecule has 0 aliphatic rings. The third-order valence-corrected chi connectivity index (χ3v) is 5.73. The number of unbranched alkanes of at least 4 members (excludes halogenated alkanes) is 6. The SMILES string of the molecule is CCCCCCCCc1cnc(-c2ccc(OCc3ccc(OCCCC)cc3)cc2)nc1. The van der Waals surface area contributed by atoms with E-state index in [-0.39, 0.29) is 0 Å². The van der Waals surface area contributed by atoms with Crippen LogP contribution >= 0.6 is 0 Å². The van der Waals surface area contributed by atoms with Gasteiger partial charge in [-0.2, -0.15) is 0 Å². The largest absolute Gasteiger partial charge is 0.494 e. The molecule has 3 rings (SSSR count). The summed E-state index contributed by atoms with van der Waals surface area (Å²) in [7, 11) is 0. The van der Waals surface area contributed by atoms with Gasteiger partial charge < -0.3 is 9.47 Å². The maximum absolute atomic E-state index is 5.94. The molecule has 0 aliphatic heterocycles. The Hall–Kier alpha value is -2.88. The molecule has 4 heteroatoms. The van der Waals surface area contributed by atoms with Gasteiger partial charge in [-0.25, -0.2) is 9.97 Å². The highest BCUT2D eigenvalue weighted by Gasteiger charge is 2.04. The zero-order chi connectivity index (χ0) is 23.1. The number of hydrogen-bond donors (Lipinski definition) is 0. The third-order valence-electron chi connectivity index (χ3n) is 5.73. The second-order valence-electron chi connectivity index (χ2n) is 8.59. The van der Waals surface area contributed by atoms with Gasteiger partial charge in [-0.15, -0.1) is 0 Å². The van der Waals surface area contributed by atoms with Crippen molar-refractivity contribution in [2.45, 2.75) is 78.2 Å². The van der Waals surface area contributed by atoms with Gasteiger partial charge in [-0.1, -0.05) is 64.5 Å². The standard InChI is InChI=1S/C29H38N2O2/c1-3-5-7-8-9-10-11-25-21-30-29(31-22-25)26-14-18-28(19-15-26)33-23-24-12-16-27(17-13-24)32-20-6-4-2/h12-19,21-22H,3-11,20,23H2,1-2H3. The molecule has 2 aromatic carbocycles. The van der Waals surface area contributed by atoms with Crippen molar-refractivity contribution in [1.82, 2.24) is 9.97 Å². The summed E-state index contributed by atoms with van der Waals surface area (Å²) < 4.78 is 11.6. The van der Waals surface area contributed by atoms with E-state index in [9.17, 15) is 0 Å². The van der Waals surface area contributed by atoms with E-state index in [2.05, 4.69) is 35.9 Å². The minimum absolute atomic E-state index is 0.526. The Morgan fingerprint density at radius 2 is 1.21 bits per heavy atom. The van der Waals surface area contributed by atoms with Crippen LogP contribution in [0.5, 0.6) is 11.5 Å². The van der Waals surface area contributed by atoms with Gasteiger partial charge >= 0.3 is 0 Å². The topological polar surface area (TPSA) is 44.2 Å². The van der Waals surface area contributed by atoms with Crippen LogP contribution in [0.1, 0.15) is 76.3 Å². The van der Waals surface area contributed by atoms with Crippen LogP contribution in [0.15, 0.2) is 60.9 Å². The number of hydrogen-bond acceptors (Lipinski definition) is 4. The summed E-state index contributed by atoms with van der Waals surface area (Å²) >= 11 is 0. The van der Waals surface area contributed by atoms with Gasteiger partial charge in [0.2, 0.25) is 0 Å². The van der Waals surface area contributed by atoms with Gasteiger partial charge in [0.1, 0.15) is 18.1 Å². The lowest BCUT2D eigenvalue weighted by Gasteiger charge is -2.09. The minimum atomic E-state index is 0.526. The van der Waals surface area contributed by atoms with Crippen molar-refractivity contribution in [3.8, 4) is 22.9 Å². The van der Waals surface area contributed by atoms with Crippen molar-refractivity contribution in [3.63, 3.8) is 0 Å². The molecule has 0 unspecified atom stereocenters. The molecule has 33 heavy (non-hydrogen) atoms. The van der Waals surface area contributed by atoms with Gasteiger partial charge in [0, 0.05) is 18.0 Å². The van der Waals surface area contributed by atoms with Crippen LogP contribution in [0.2, 0.25) is 0 Å². The molecular weight excluding hydrogens is 408 g/mol. The summed E-state index contributed by atoms with van der Waals surface area (Å²) in [5.74, 6) is 2.50. The maximum Gasteiger partial charge on any atom is 0.159 e. The maximum atomic E-state index is 5.94. The summed E-state index contributed by atoms with van der Waals surface area (Å²) in [6, 6.07) is 16.1. The minimum Gasteiger partial charge on any atom is -0.494 e. The second kappa shape index (κ2) is 14.3. The number of aromatic nitrogens is 2. The monoisotopic (exact) mass is 446 g/mol. The van der Waals surface area contributed by atoms with Gasteiger partial charge in [0.15, 0.2) is 5.82 Å². The Bertz CT molecular complexity index is 906. The molecule has 4 nitrogen and oxygen atoms in total. The zero-order valence-electron chi connectivity index (χ0n) is 20.3. The lowest BCUT2D eigenvalue weighted by atomic mass is 10.1. The molecule has 0 amide bonds. The molecule has 0 bridgehead atoms. The van der Waals surface area contributed by atoms with Gasteiger partial charge in [0.25, 0.3) is 0 Å². The van der Waals surface area contributed by atoms with E-state index in [0.29, 0.717) is 6.61 Å². The molecule has 0 spiro atoms. The molecule has 3 aromatic rings.